The summed E-state index contributed by atoms with van der Waals surface area (Å²) in [7, 11) is 0. The topological polar surface area (TPSA) is 111 Å². The monoisotopic (exact) mass is 285 g/mol. The van der Waals surface area contributed by atoms with Gasteiger partial charge in [-0.1, -0.05) is 0 Å². The van der Waals surface area contributed by atoms with Crippen LogP contribution in [0.4, 0.5) is 0 Å². The molecule has 2 N–H and O–H groups in total. The number of carbonyl (C=O) groups is 1. The maximum Gasteiger partial charge on any atom is 0.330 e. The molecule has 0 saturated carbocycles. The van der Waals surface area contributed by atoms with Gasteiger partial charge in [0.05, 0.1) is 6.61 Å². The number of aromatic amines is 1. The molecule has 8 nitrogen and oxygen atoms in total. The Kier molecular flexibility index (Phi) is 4.05. The number of carbonyl (C=O) groups excluding carboxylic acids is 1. The molecule has 110 valence electrons. The predicted octanol–water partition coefficient (Wildman–Crippen LogP) is -0.943. The van der Waals surface area contributed by atoms with Crippen LogP contribution in [0.2, 0.25) is 0 Å². The maximum atomic E-state index is 11.8. The molecule has 1 aliphatic rings. The lowest BCUT2D eigenvalue weighted by Crippen LogP contribution is -2.33. The summed E-state index contributed by atoms with van der Waals surface area (Å²) < 4.78 is 11.8. The zero-order valence-electron chi connectivity index (χ0n) is 11.2. The van der Waals surface area contributed by atoms with E-state index in [0.717, 1.165) is 0 Å². The van der Waals surface area contributed by atoms with Gasteiger partial charge in [0.1, 0.15) is 18.4 Å². The average molecular weight is 285 g/mol. The Labute approximate surface area is 114 Å². The molecule has 1 aromatic heterocycles. The van der Waals surface area contributed by atoms with Crippen LogP contribution in [0.3, 0.4) is 0 Å². The molecule has 0 unspecified atom stereocenters. The number of nitrogens with zero attached hydrogens (tertiary/aromatic N) is 1. The van der Waals surface area contributed by atoms with Gasteiger partial charge in [0, 0.05) is 25.1 Å². The number of hydrogen-bond acceptors (Lipinski definition) is 6. The van der Waals surface area contributed by atoms with Gasteiger partial charge < -0.3 is 14.6 Å². The third-order valence-electron chi connectivity index (χ3n) is 3.13. The Bertz CT molecular complexity index is 619. The van der Waals surface area contributed by atoms with E-state index in [-0.39, 0.29) is 13.0 Å². The van der Waals surface area contributed by atoms with Crippen LogP contribution in [0.1, 0.15) is 25.1 Å². The number of aliphatic hydroxyl groups is 1. The minimum atomic E-state index is -0.695. The van der Waals surface area contributed by atoms with E-state index >= 15 is 0 Å². The smallest absolute Gasteiger partial charge is 0.330 e. The largest absolute Gasteiger partial charge is 0.460 e. The SMILES string of the molecule is CC(=O)O[C@H]1C[C@H](n2cc([13CH3])c(=O)[nH]c2=O)O[C@@H]1CO. The van der Waals surface area contributed by atoms with Crippen molar-refractivity contribution in [1.82, 2.24) is 9.55 Å². The molecular weight excluding hydrogens is 269 g/mol. The lowest BCUT2D eigenvalue weighted by Gasteiger charge is -2.15. The highest BCUT2D eigenvalue weighted by atomic mass is 16.6. The number of ether oxygens (including phenoxy) is 2. The Balaban J connectivity index is 2.27. The highest BCUT2D eigenvalue weighted by molar-refractivity contribution is 5.66. The first kappa shape index (κ1) is 14.5. The van der Waals surface area contributed by atoms with E-state index in [0.29, 0.717) is 5.56 Å². The molecule has 0 aliphatic carbocycles. The Hall–Kier alpha value is -1.93. The lowest BCUT2D eigenvalue weighted by atomic mass is 10.2. The summed E-state index contributed by atoms with van der Waals surface area (Å²) in [5.41, 5.74) is -0.699. The van der Waals surface area contributed by atoms with Crippen LogP contribution in [0.25, 0.3) is 0 Å². The Morgan fingerprint density at radius 2 is 2.30 bits per heavy atom. The second-order valence-corrected chi connectivity index (χ2v) is 4.67. The summed E-state index contributed by atoms with van der Waals surface area (Å²) in [4.78, 5) is 36.2. The first-order valence-electron chi connectivity index (χ1n) is 6.18. The van der Waals surface area contributed by atoms with E-state index in [4.69, 9.17) is 9.47 Å². The standard InChI is InChI=1S/C12H16N2O6/c1-6-4-14(12(18)13-11(6)17)10-3-8(19-7(2)16)9(5-15)20-10/h4,8-10,15H,3,5H2,1-2H3,(H,13,17,18)/t8-,9+,10+/m0/s1/i1+1. The summed E-state index contributed by atoms with van der Waals surface area (Å²) in [6.45, 7) is 2.50. The van der Waals surface area contributed by atoms with Crippen LogP contribution >= 0.6 is 0 Å². The molecule has 0 amide bonds. The summed E-state index contributed by atoms with van der Waals surface area (Å²) in [6.07, 6.45) is -0.392. The van der Waals surface area contributed by atoms with Crippen LogP contribution in [0, 0.1) is 6.92 Å². The molecule has 0 radical (unpaired) electrons. The van der Waals surface area contributed by atoms with Crippen molar-refractivity contribution in [3.63, 3.8) is 0 Å². The molecule has 2 heterocycles. The average Bonchev–Trinajstić information content (AvgIpc) is 2.75. The third kappa shape index (κ3) is 2.81. The molecular formula is C12H16N2O6. The summed E-state index contributed by atoms with van der Waals surface area (Å²) in [5.74, 6) is -0.484. The number of esters is 1. The van der Waals surface area contributed by atoms with Crippen LogP contribution < -0.4 is 11.2 Å². The zero-order chi connectivity index (χ0) is 14.9. The number of nitrogens with one attached hydrogen (secondary N) is 1. The van der Waals surface area contributed by atoms with Crippen molar-refractivity contribution in [2.75, 3.05) is 6.61 Å². The van der Waals surface area contributed by atoms with Crippen LogP contribution in [-0.2, 0) is 14.3 Å². The van der Waals surface area contributed by atoms with Crippen molar-refractivity contribution in [3.8, 4) is 0 Å². The number of rotatable bonds is 3. The quantitative estimate of drug-likeness (QED) is 0.547. The molecule has 3 atom stereocenters. The highest BCUT2D eigenvalue weighted by Gasteiger charge is 2.38. The third-order valence-corrected chi connectivity index (χ3v) is 3.13. The fraction of sp³-hybridized carbons (Fsp3) is 0.583. The normalized spacial score (nSPS) is 25.6. The Morgan fingerprint density at radius 1 is 1.60 bits per heavy atom. The lowest BCUT2D eigenvalue weighted by molar-refractivity contribution is -0.150. The van der Waals surface area contributed by atoms with E-state index in [1.807, 2.05) is 0 Å². The molecule has 1 aromatic rings. The number of H-pyrrole nitrogens is 1. The number of hydrogen-bond donors (Lipinski definition) is 2. The minimum absolute atomic E-state index is 0.232. The fourth-order valence-corrected chi connectivity index (χ4v) is 2.17. The molecule has 8 heteroatoms. The molecule has 1 saturated heterocycles. The summed E-state index contributed by atoms with van der Waals surface area (Å²) in [6, 6.07) is 0. The summed E-state index contributed by atoms with van der Waals surface area (Å²) in [5, 5.41) is 9.22. The zero-order valence-corrected chi connectivity index (χ0v) is 11.2. The first-order chi connectivity index (χ1) is 9.42. The van der Waals surface area contributed by atoms with E-state index in [1.165, 1.54) is 17.7 Å². The van der Waals surface area contributed by atoms with Gasteiger partial charge in [-0.05, 0) is 6.92 Å². The van der Waals surface area contributed by atoms with Crippen LogP contribution in [0.15, 0.2) is 15.8 Å². The predicted molar refractivity (Wildman–Crippen MR) is 67.2 cm³/mol. The van der Waals surface area contributed by atoms with Gasteiger partial charge in [-0.15, -0.1) is 0 Å². The van der Waals surface area contributed by atoms with Crippen molar-refractivity contribution in [1.29, 1.82) is 0 Å². The van der Waals surface area contributed by atoms with Crippen molar-refractivity contribution < 1.29 is 19.4 Å². The number of aryl methyl sites for hydroxylation is 1. The van der Waals surface area contributed by atoms with Gasteiger partial charge in [0.25, 0.3) is 5.56 Å². The highest BCUT2D eigenvalue weighted by Crippen LogP contribution is 2.29. The molecule has 20 heavy (non-hydrogen) atoms. The number of aliphatic hydroxyl groups excluding tert-OH is 1. The van der Waals surface area contributed by atoms with Crippen molar-refractivity contribution in [3.05, 3.63) is 32.6 Å². The van der Waals surface area contributed by atoms with Gasteiger partial charge in [-0.3, -0.25) is 19.1 Å². The molecule has 0 bridgehead atoms. The van der Waals surface area contributed by atoms with Gasteiger partial charge in [0.15, 0.2) is 0 Å². The Morgan fingerprint density at radius 3 is 2.90 bits per heavy atom. The summed E-state index contributed by atoms with van der Waals surface area (Å²) >= 11 is 0. The molecule has 2 rings (SSSR count). The van der Waals surface area contributed by atoms with Gasteiger partial charge in [-0.25, -0.2) is 4.79 Å². The molecule has 1 aliphatic heterocycles. The van der Waals surface area contributed by atoms with Crippen LogP contribution in [0.5, 0.6) is 0 Å². The van der Waals surface area contributed by atoms with E-state index < -0.39 is 35.7 Å². The molecule has 1 fully saturated rings. The fourth-order valence-electron chi connectivity index (χ4n) is 2.17. The van der Waals surface area contributed by atoms with Crippen LogP contribution in [-0.4, -0.2) is 39.4 Å². The van der Waals surface area contributed by atoms with Gasteiger partial charge in [-0.2, -0.15) is 0 Å². The second-order valence-electron chi connectivity index (χ2n) is 4.67. The van der Waals surface area contributed by atoms with Gasteiger partial charge >= 0.3 is 11.7 Å². The second kappa shape index (κ2) is 5.59. The first-order valence-corrected chi connectivity index (χ1v) is 6.18. The molecule has 0 spiro atoms. The van der Waals surface area contributed by atoms with Crippen molar-refractivity contribution in [2.24, 2.45) is 0 Å². The maximum absolute atomic E-state index is 11.8. The van der Waals surface area contributed by atoms with Gasteiger partial charge in [0.2, 0.25) is 0 Å². The van der Waals surface area contributed by atoms with E-state index in [1.54, 1.807) is 6.92 Å². The van der Waals surface area contributed by atoms with E-state index in [9.17, 15) is 19.5 Å². The van der Waals surface area contributed by atoms with Crippen molar-refractivity contribution >= 4 is 5.97 Å². The van der Waals surface area contributed by atoms with E-state index in [2.05, 4.69) is 4.98 Å². The number of aromatic nitrogens is 2. The minimum Gasteiger partial charge on any atom is -0.460 e. The van der Waals surface area contributed by atoms with Crippen molar-refractivity contribution in [2.45, 2.75) is 38.7 Å². The molecule has 0 aromatic carbocycles.